The number of imide groups is 1. The second-order valence-corrected chi connectivity index (χ2v) is 11.6. The molecule has 0 saturated carbocycles. The summed E-state index contributed by atoms with van der Waals surface area (Å²) in [6, 6.07) is 21.6. The smallest absolute Gasteiger partial charge is 0.332 e. The van der Waals surface area contributed by atoms with Crippen LogP contribution in [0.2, 0.25) is 0 Å². The van der Waals surface area contributed by atoms with Crippen molar-refractivity contribution in [3.05, 3.63) is 112 Å². The van der Waals surface area contributed by atoms with Crippen LogP contribution in [-0.4, -0.2) is 40.3 Å². The number of fused-ring (bicyclic) bond motifs is 4. The number of hydrogen-bond donors (Lipinski definition) is 2. The summed E-state index contributed by atoms with van der Waals surface area (Å²) in [6.07, 6.45) is 8.33. The van der Waals surface area contributed by atoms with Gasteiger partial charge in [0.1, 0.15) is 12.1 Å². The molecule has 7 nitrogen and oxygen atoms in total. The summed E-state index contributed by atoms with van der Waals surface area (Å²) in [7, 11) is 0. The molecule has 4 aromatic rings. The van der Waals surface area contributed by atoms with Crippen molar-refractivity contribution in [1.82, 2.24) is 15.2 Å². The number of nitrogens with one attached hydrogen (secondary N) is 2. The third kappa shape index (κ3) is 4.49. The highest BCUT2D eigenvalue weighted by Crippen LogP contribution is 2.44. The third-order valence-electron chi connectivity index (χ3n) is 8.95. The van der Waals surface area contributed by atoms with E-state index < -0.39 is 12.1 Å². The molecule has 0 bridgehead atoms. The summed E-state index contributed by atoms with van der Waals surface area (Å²) < 4.78 is 0. The lowest BCUT2D eigenvalue weighted by Crippen LogP contribution is -2.44. The van der Waals surface area contributed by atoms with Gasteiger partial charge in [-0.15, -0.1) is 0 Å². The summed E-state index contributed by atoms with van der Waals surface area (Å²) in [5.41, 5.74) is 7.52. The van der Waals surface area contributed by atoms with E-state index in [1.165, 1.54) is 23.3 Å². The molecule has 7 rings (SSSR count). The summed E-state index contributed by atoms with van der Waals surface area (Å²) in [6.45, 7) is 2.63. The molecule has 1 fully saturated rings. The number of amides is 4. The van der Waals surface area contributed by atoms with Crippen molar-refractivity contribution in [2.45, 2.75) is 57.5 Å². The number of aromatic nitrogens is 1. The van der Waals surface area contributed by atoms with Gasteiger partial charge in [0, 0.05) is 35.1 Å². The van der Waals surface area contributed by atoms with Gasteiger partial charge in [0.05, 0.1) is 5.69 Å². The topological polar surface area (TPSA) is 85.5 Å². The molecule has 3 aliphatic rings. The van der Waals surface area contributed by atoms with Crippen LogP contribution < -0.4 is 10.2 Å². The van der Waals surface area contributed by atoms with Crippen LogP contribution in [0.15, 0.2) is 84.4 Å². The molecule has 2 unspecified atom stereocenters. The van der Waals surface area contributed by atoms with Crippen LogP contribution in [0.25, 0.3) is 10.9 Å². The number of aryl methyl sites for hydroxylation is 1. The number of carbonyl (C=O) groups is 3. The minimum atomic E-state index is -0.618. The SMILES string of the molecule is Cc1ccc(C2c3[nH]c4ccccc4c3CC3C(=O)N(c4ccc(C(=O)NCCC5=CCCCC5)cc4)C(=O)N32)cc1. The average Bonchev–Trinajstić information content (AvgIpc) is 3.51. The molecule has 2 atom stereocenters. The van der Waals surface area contributed by atoms with Crippen LogP contribution in [0.4, 0.5) is 10.5 Å². The number of para-hydroxylation sites is 1. The first kappa shape index (κ1) is 26.3. The van der Waals surface area contributed by atoms with E-state index in [1.807, 2.05) is 49.4 Å². The van der Waals surface area contributed by atoms with E-state index >= 15 is 0 Å². The molecule has 4 amide bonds. The molecule has 1 aliphatic carbocycles. The molecule has 7 heteroatoms. The number of carbonyl (C=O) groups excluding carboxylic acids is 3. The van der Waals surface area contributed by atoms with Gasteiger partial charge in [0.25, 0.3) is 11.8 Å². The highest BCUT2D eigenvalue weighted by atomic mass is 16.2. The number of H-pyrrole nitrogens is 1. The van der Waals surface area contributed by atoms with Crippen LogP contribution in [0.1, 0.15) is 70.9 Å². The Kier molecular flexibility index (Phi) is 6.65. The molecular formula is C35H34N4O3. The van der Waals surface area contributed by atoms with Crippen molar-refractivity contribution in [3.63, 3.8) is 0 Å². The molecule has 3 heterocycles. The first-order chi connectivity index (χ1) is 20.5. The molecule has 0 spiro atoms. The Morgan fingerprint density at radius 1 is 0.976 bits per heavy atom. The second kappa shape index (κ2) is 10.6. The van der Waals surface area contributed by atoms with Gasteiger partial charge >= 0.3 is 6.03 Å². The number of allylic oxidation sites excluding steroid dienone is 1. The zero-order chi connectivity index (χ0) is 28.8. The van der Waals surface area contributed by atoms with E-state index in [9.17, 15) is 14.4 Å². The van der Waals surface area contributed by atoms with Crippen LogP contribution in [0.3, 0.4) is 0 Å². The Bertz CT molecular complexity index is 1720. The lowest BCUT2D eigenvalue weighted by Gasteiger charge is -2.36. The van der Waals surface area contributed by atoms with E-state index in [2.05, 4.69) is 22.4 Å². The van der Waals surface area contributed by atoms with Crippen molar-refractivity contribution in [1.29, 1.82) is 0 Å². The van der Waals surface area contributed by atoms with Gasteiger partial charge in [0.15, 0.2) is 0 Å². The fourth-order valence-corrected chi connectivity index (χ4v) is 6.74. The summed E-state index contributed by atoms with van der Waals surface area (Å²) in [4.78, 5) is 47.4. The molecule has 2 N–H and O–H groups in total. The third-order valence-corrected chi connectivity index (χ3v) is 8.95. The fraction of sp³-hybridized carbons (Fsp3) is 0.286. The molecular weight excluding hydrogens is 524 g/mol. The molecule has 212 valence electrons. The highest BCUT2D eigenvalue weighted by molar-refractivity contribution is 6.22. The zero-order valence-electron chi connectivity index (χ0n) is 23.7. The number of urea groups is 1. The summed E-state index contributed by atoms with van der Waals surface area (Å²) in [5, 5.41) is 4.09. The van der Waals surface area contributed by atoms with E-state index in [4.69, 9.17) is 0 Å². The first-order valence-electron chi connectivity index (χ1n) is 14.9. The second-order valence-electron chi connectivity index (χ2n) is 11.6. The Hall–Kier alpha value is -4.65. The Balaban J connectivity index is 1.16. The van der Waals surface area contributed by atoms with Crippen molar-refractivity contribution < 1.29 is 14.4 Å². The number of rotatable bonds is 6. The zero-order valence-corrected chi connectivity index (χ0v) is 23.7. The van der Waals surface area contributed by atoms with Crippen LogP contribution in [-0.2, 0) is 11.2 Å². The van der Waals surface area contributed by atoms with Gasteiger partial charge in [-0.25, -0.2) is 9.69 Å². The van der Waals surface area contributed by atoms with E-state index in [1.54, 1.807) is 29.2 Å². The van der Waals surface area contributed by atoms with Crippen LogP contribution >= 0.6 is 0 Å². The first-order valence-corrected chi connectivity index (χ1v) is 14.9. The monoisotopic (exact) mass is 558 g/mol. The largest absolute Gasteiger partial charge is 0.356 e. The molecule has 42 heavy (non-hydrogen) atoms. The van der Waals surface area contributed by atoms with Crippen molar-refractivity contribution >= 4 is 34.4 Å². The van der Waals surface area contributed by atoms with Crippen molar-refractivity contribution in [3.8, 4) is 0 Å². The summed E-state index contributed by atoms with van der Waals surface area (Å²) in [5.74, 6) is -0.398. The van der Waals surface area contributed by atoms with Crippen LogP contribution in [0, 0.1) is 6.92 Å². The molecule has 1 saturated heterocycles. The van der Waals surface area contributed by atoms with Crippen molar-refractivity contribution in [2.24, 2.45) is 0 Å². The van der Waals surface area contributed by atoms with Gasteiger partial charge in [-0.2, -0.15) is 0 Å². The minimum absolute atomic E-state index is 0.153. The normalized spacial score (nSPS) is 20.0. The number of aromatic amines is 1. The van der Waals surface area contributed by atoms with E-state index in [-0.39, 0.29) is 17.8 Å². The number of anilines is 1. The maximum Gasteiger partial charge on any atom is 0.332 e. The summed E-state index contributed by atoms with van der Waals surface area (Å²) >= 11 is 0. The molecule has 3 aromatic carbocycles. The lowest BCUT2D eigenvalue weighted by molar-refractivity contribution is -0.120. The minimum Gasteiger partial charge on any atom is -0.356 e. The number of nitrogens with zero attached hydrogens (tertiary/aromatic N) is 2. The van der Waals surface area contributed by atoms with E-state index in [0.717, 1.165) is 52.5 Å². The number of benzene rings is 3. The standard InChI is InChI=1S/C35H34N4O3/c1-22-11-13-24(14-12-22)32-31-28(27-9-5-6-10-29(27)37-31)21-30-34(41)38(35(42)39(30)32)26-17-15-25(16-18-26)33(40)36-20-19-23-7-3-2-4-8-23/h5-7,9-18,30,32,37H,2-4,8,19-21H2,1H3,(H,36,40). The van der Waals surface area contributed by atoms with Crippen LogP contribution in [0.5, 0.6) is 0 Å². The highest BCUT2D eigenvalue weighted by Gasteiger charge is 2.53. The van der Waals surface area contributed by atoms with Gasteiger partial charge < -0.3 is 10.3 Å². The maximum atomic E-state index is 14.1. The Morgan fingerprint density at radius 2 is 1.76 bits per heavy atom. The molecule has 0 radical (unpaired) electrons. The van der Waals surface area contributed by atoms with Gasteiger partial charge in [-0.05, 0) is 80.5 Å². The van der Waals surface area contributed by atoms with Gasteiger partial charge in [-0.1, -0.05) is 59.7 Å². The molecule has 1 aromatic heterocycles. The quantitative estimate of drug-likeness (QED) is 0.207. The van der Waals surface area contributed by atoms with Gasteiger partial charge in [-0.3, -0.25) is 14.5 Å². The molecule has 2 aliphatic heterocycles. The predicted molar refractivity (Wildman–Crippen MR) is 163 cm³/mol. The average molecular weight is 559 g/mol. The van der Waals surface area contributed by atoms with Crippen molar-refractivity contribution in [2.75, 3.05) is 11.4 Å². The predicted octanol–water partition coefficient (Wildman–Crippen LogP) is 6.58. The maximum absolute atomic E-state index is 14.1. The van der Waals surface area contributed by atoms with E-state index in [0.29, 0.717) is 24.2 Å². The Morgan fingerprint density at radius 3 is 2.52 bits per heavy atom. The van der Waals surface area contributed by atoms with Gasteiger partial charge in [0.2, 0.25) is 0 Å². The Labute approximate surface area is 245 Å². The lowest BCUT2D eigenvalue weighted by atomic mass is 9.88. The number of hydrogen-bond acceptors (Lipinski definition) is 3. The fourth-order valence-electron chi connectivity index (χ4n) is 6.74.